The van der Waals surface area contributed by atoms with E-state index in [9.17, 15) is 5.11 Å². The molecular weight excluding hydrogens is 316 g/mol. The SMILES string of the molecule is CSc1ccc(COCC#CC(O)c2ccc(C(C)C)cc2)cc1. The van der Waals surface area contributed by atoms with Gasteiger partial charge in [-0.2, -0.15) is 0 Å². The van der Waals surface area contributed by atoms with Gasteiger partial charge in [0.25, 0.3) is 0 Å². The summed E-state index contributed by atoms with van der Waals surface area (Å²) in [5, 5.41) is 10.1. The number of benzene rings is 2. The maximum Gasteiger partial charge on any atom is 0.140 e. The van der Waals surface area contributed by atoms with Crippen LogP contribution in [0.3, 0.4) is 0 Å². The smallest absolute Gasteiger partial charge is 0.140 e. The van der Waals surface area contributed by atoms with Gasteiger partial charge in [0.2, 0.25) is 0 Å². The van der Waals surface area contributed by atoms with E-state index in [1.54, 1.807) is 11.8 Å². The molecule has 0 fully saturated rings. The van der Waals surface area contributed by atoms with E-state index >= 15 is 0 Å². The molecule has 2 aromatic rings. The van der Waals surface area contributed by atoms with Gasteiger partial charge < -0.3 is 9.84 Å². The lowest BCUT2D eigenvalue weighted by molar-refractivity contribution is 0.153. The molecule has 0 spiro atoms. The number of aliphatic hydroxyl groups excluding tert-OH is 1. The van der Waals surface area contributed by atoms with Crippen LogP contribution in [0.4, 0.5) is 0 Å². The van der Waals surface area contributed by atoms with Crippen molar-refractivity contribution in [2.75, 3.05) is 12.9 Å². The van der Waals surface area contributed by atoms with Gasteiger partial charge in [0, 0.05) is 4.90 Å². The zero-order valence-corrected chi connectivity index (χ0v) is 15.3. The van der Waals surface area contributed by atoms with Crippen LogP contribution in [0.1, 0.15) is 42.6 Å². The highest BCUT2D eigenvalue weighted by Gasteiger charge is 2.04. The van der Waals surface area contributed by atoms with Gasteiger partial charge in [-0.1, -0.05) is 62.1 Å². The van der Waals surface area contributed by atoms with Crippen LogP contribution >= 0.6 is 11.8 Å². The van der Waals surface area contributed by atoms with Crippen molar-refractivity contribution in [2.24, 2.45) is 0 Å². The van der Waals surface area contributed by atoms with E-state index in [1.165, 1.54) is 10.5 Å². The Labute approximate surface area is 149 Å². The molecule has 126 valence electrons. The third-order valence-electron chi connectivity index (χ3n) is 3.76. The highest BCUT2D eigenvalue weighted by molar-refractivity contribution is 7.98. The van der Waals surface area contributed by atoms with E-state index in [4.69, 9.17) is 4.74 Å². The zero-order valence-electron chi connectivity index (χ0n) is 14.5. The van der Waals surface area contributed by atoms with Crippen molar-refractivity contribution >= 4 is 11.8 Å². The average molecular weight is 340 g/mol. The first-order chi connectivity index (χ1) is 11.6. The molecule has 0 aromatic heterocycles. The molecule has 0 heterocycles. The molecule has 1 atom stereocenters. The van der Waals surface area contributed by atoms with Crippen LogP contribution in [0.2, 0.25) is 0 Å². The van der Waals surface area contributed by atoms with Crippen molar-refractivity contribution in [1.82, 2.24) is 0 Å². The second-order valence-corrected chi connectivity index (χ2v) is 6.77. The maximum absolute atomic E-state index is 10.1. The number of thioether (sulfide) groups is 1. The van der Waals surface area contributed by atoms with Gasteiger partial charge >= 0.3 is 0 Å². The van der Waals surface area contributed by atoms with Crippen LogP contribution in [-0.4, -0.2) is 18.0 Å². The molecule has 24 heavy (non-hydrogen) atoms. The Morgan fingerprint density at radius 3 is 2.21 bits per heavy atom. The lowest BCUT2D eigenvalue weighted by Gasteiger charge is -2.08. The van der Waals surface area contributed by atoms with Crippen molar-refractivity contribution < 1.29 is 9.84 Å². The summed E-state index contributed by atoms with van der Waals surface area (Å²) in [4.78, 5) is 1.24. The van der Waals surface area contributed by atoms with E-state index in [2.05, 4.69) is 56.2 Å². The molecular formula is C21H24O2S. The van der Waals surface area contributed by atoms with Gasteiger partial charge in [-0.3, -0.25) is 0 Å². The summed E-state index contributed by atoms with van der Waals surface area (Å²) in [6.45, 7) is 5.14. The van der Waals surface area contributed by atoms with Crippen molar-refractivity contribution in [3.05, 3.63) is 65.2 Å². The molecule has 0 bridgehead atoms. The maximum atomic E-state index is 10.1. The molecule has 2 nitrogen and oxygen atoms in total. The molecule has 2 rings (SSSR count). The van der Waals surface area contributed by atoms with Crippen LogP contribution in [-0.2, 0) is 11.3 Å². The summed E-state index contributed by atoms with van der Waals surface area (Å²) in [7, 11) is 0. The van der Waals surface area contributed by atoms with Gasteiger partial charge in [-0.05, 0) is 41.0 Å². The number of rotatable bonds is 6. The first kappa shape index (κ1) is 18.6. The molecule has 1 N–H and O–H groups in total. The lowest BCUT2D eigenvalue weighted by atomic mass is 10.0. The Morgan fingerprint density at radius 1 is 1.00 bits per heavy atom. The summed E-state index contributed by atoms with van der Waals surface area (Å²) in [5.74, 6) is 6.20. The molecule has 0 aliphatic carbocycles. The first-order valence-corrected chi connectivity index (χ1v) is 9.29. The first-order valence-electron chi connectivity index (χ1n) is 8.07. The van der Waals surface area contributed by atoms with Crippen LogP contribution in [0.5, 0.6) is 0 Å². The summed E-state index contributed by atoms with van der Waals surface area (Å²) >= 11 is 1.72. The van der Waals surface area contributed by atoms with Gasteiger partial charge in [0.15, 0.2) is 0 Å². The molecule has 0 amide bonds. The Hall–Kier alpha value is -1.73. The van der Waals surface area contributed by atoms with E-state index in [-0.39, 0.29) is 0 Å². The van der Waals surface area contributed by atoms with Crippen LogP contribution < -0.4 is 0 Å². The fourth-order valence-corrected chi connectivity index (χ4v) is 2.63. The molecule has 0 aliphatic heterocycles. The second-order valence-electron chi connectivity index (χ2n) is 5.89. The number of hydrogen-bond acceptors (Lipinski definition) is 3. The number of aliphatic hydroxyl groups is 1. The fraction of sp³-hybridized carbons (Fsp3) is 0.333. The zero-order chi connectivity index (χ0) is 17.4. The average Bonchev–Trinajstić information content (AvgIpc) is 2.62. The van der Waals surface area contributed by atoms with E-state index in [0.717, 1.165) is 11.1 Å². The lowest BCUT2D eigenvalue weighted by Crippen LogP contribution is -1.97. The number of ether oxygens (including phenoxy) is 1. The van der Waals surface area contributed by atoms with Crippen LogP contribution in [0.25, 0.3) is 0 Å². The minimum Gasteiger partial charge on any atom is -0.376 e. The van der Waals surface area contributed by atoms with Crippen LogP contribution in [0, 0.1) is 11.8 Å². The molecule has 0 saturated heterocycles. The Morgan fingerprint density at radius 2 is 1.62 bits per heavy atom. The third kappa shape index (κ3) is 5.72. The van der Waals surface area contributed by atoms with Gasteiger partial charge in [0.05, 0.1) is 6.61 Å². The van der Waals surface area contributed by atoms with E-state index in [1.807, 2.05) is 24.3 Å². The predicted molar refractivity (Wildman–Crippen MR) is 101 cm³/mol. The van der Waals surface area contributed by atoms with E-state index < -0.39 is 6.10 Å². The van der Waals surface area contributed by atoms with Crippen molar-refractivity contribution in [1.29, 1.82) is 0 Å². The highest BCUT2D eigenvalue weighted by Crippen LogP contribution is 2.18. The summed E-state index contributed by atoms with van der Waals surface area (Å²) in [6.07, 6.45) is 1.29. The largest absolute Gasteiger partial charge is 0.376 e. The highest BCUT2D eigenvalue weighted by atomic mass is 32.2. The molecule has 0 saturated carbocycles. The molecule has 3 heteroatoms. The topological polar surface area (TPSA) is 29.5 Å². The molecule has 0 radical (unpaired) electrons. The van der Waals surface area contributed by atoms with Crippen LogP contribution in [0.15, 0.2) is 53.4 Å². The fourth-order valence-electron chi connectivity index (χ4n) is 2.23. The summed E-state index contributed by atoms with van der Waals surface area (Å²) in [6, 6.07) is 16.2. The second kappa shape index (κ2) is 9.54. The minimum atomic E-state index is -0.768. The molecule has 1 unspecified atom stereocenters. The van der Waals surface area contributed by atoms with Gasteiger partial charge in [-0.15, -0.1) is 11.8 Å². The third-order valence-corrected chi connectivity index (χ3v) is 4.50. The standard InChI is InChI=1S/C21H24O2S/c1-16(2)18-8-10-19(11-9-18)21(22)5-4-14-23-15-17-6-12-20(24-3)13-7-17/h6-13,16,21-22H,14-15H2,1-3H3. The Bertz CT molecular complexity index is 679. The predicted octanol–water partition coefficient (Wildman–Crippen LogP) is 4.79. The van der Waals surface area contributed by atoms with E-state index in [0.29, 0.717) is 19.1 Å². The quantitative estimate of drug-likeness (QED) is 0.466. The normalized spacial score (nSPS) is 11.9. The van der Waals surface area contributed by atoms with Crippen molar-refractivity contribution in [3.8, 4) is 11.8 Å². The van der Waals surface area contributed by atoms with Crippen molar-refractivity contribution in [3.63, 3.8) is 0 Å². The Kier molecular flexibility index (Phi) is 7.39. The summed E-state index contributed by atoms with van der Waals surface area (Å²) < 4.78 is 5.54. The van der Waals surface area contributed by atoms with Gasteiger partial charge in [-0.25, -0.2) is 0 Å². The van der Waals surface area contributed by atoms with Crippen molar-refractivity contribution in [2.45, 2.75) is 37.4 Å². The Balaban J connectivity index is 1.79. The summed E-state index contributed by atoms with van der Waals surface area (Å²) in [5.41, 5.74) is 3.20. The van der Waals surface area contributed by atoms with Gasteiger partial charge in [0.1, 0.15) is 12.7 Å². The minimum absolute atomic E-state index is 0.311. The molecule has 2 aromatic carbocycles. The number of hydrogen-bond donors (Lipinski definition) is 1. The monoisotopic (exact) mass is 340 g/mol. The molecule has 0 aliphatic rings.